The number of halogens is 3. The fraction of sp³-hybridized carbons (Fsp3) is 0.280. The third-order valence-corrected chi connectivity index (χ3v) is 6.03. The van der Waals surface area contributed by atoms with Gasteiger partial charge in [0, 0.05) is 28.2 Å². The number of benzene rings is 3. The third kappa shape index (κ3) is 6.30. The van der Waals surface area contributed by atoms with Gasteiger partial charge in [0.15, 0.2) is 11.5 Å². The first-order chi connectivity index (χ1) is 15.0. The average Bonchev–Trinajstić information content (AvgIpc) is 2.77. The molecule has 3 rings (SSSR count). The van der Waals surface area contributed by atoms with Crippen molar-refractivity contribution in [2.75, 3.05) is 7.11 Å². The van der Waals surface area contributed by atoms with Crippen LogP contribution < -0.4 is 14.8 Å². The Morgan fingerprint density at radius 2 is 1.61 bits per heavy atom. The summed E-state index contributed by atoms with van der Waals surface area (Å²) in [5.41, 5.74) is 3.00. The Morgan fingerprint density at radius 1 is 0.903 bits per heavy atom. The van der Waals surface area contributed by atoms with Crippen molar-refractivity contribution in [2.45, 2.75) is 39.0 Å². The quantitative estimate of drug-likeness (QED) is 0.321. The lowest BCUT2D eigenvalue weighted by atomic mass is 10.0. The molecule has 3 aromatic carbocycles. The fourth-order valence-corrected chi connectivity index (χ4v) is 4.23. The number of hydrogen-bond donors (Lipinski definition) is 1. The molecular formula is C25H26Cl3NO2. The molecule has 0 amide bonds. The lowest BCUT2D eigenvalue weighted by Crippen LogP contribution is -2.20. The second-order valence-corrected chi connectivity index (χ2v) is 8.45. The van der Waals surface area contributed by atoms with Gasteiger partial charge in [-0.25, -0.2) is 0 Å². The molecule has 1 atom stereocenters. The molecule has 0 spiro atoms. The van der Waals surface area contributed by atoms with Gasteiger partial charge in [0.05, 0.1) is 12.1 Å². The first kappa shape index (κ1) is 23.7. The van der Waals surface area contributed by atoms with Crippen LogP contribution in [0.2, 0.25) is 15.1 Å². The maximum Gasteiger partial charge on any atom is 0.180 e. The van der Waals surface area contributed by atoms with Gasteiger partial charge in [-0.3, -0.25) is 0 Å². The van der Waals surface area contributed by atoms with E-state index in [2.05, 4.69) is 36.5 Å². The minimum absolute atomic E-state index is 0.193. The number of nitrogens with one attached hydrogen (secondary N) is 1. The Balaban J connectivity index is 1.74. The van der Waals surface area contributed by atoms with E-state index in [4.69, 9.17) is 44.3 Å². The van der Waals surface area contributed by atoms with Crippen LogP contribution in [0.3, 0.4) is 0 Å². The van der Waals surface area contributed by atoms with Gasteiger partial charge in [0.2, 0.25) is 0 Å². The summed E-state index contributed by atoms with van der Waals surface area (Å²) in [4.78, 5) is 0. The molecular weight excluding hydrogens is 453 g/mol. The smallest absolute Gasteiger partial charge is 0.180 e. The zero-order chi connectivity index (χ0) is 22.2. The van der Waals surface area contributed by atoms with Crippen molar-refractivity contribution >= 4 is 34.8 Å². The molecule has 0 aliphatic rings. The van der Waals surface area contributed by atoms with Crippen LogP contribution in [0.15, 0.2) is 60.7 Å². The highest BCUT2D eigenvalue weighted by molar-refractivity contribution is 6.36. The fourth-order valence-electron chi connectivity index (χ4n) is 3.43. The monoisotopic (exact) mass is 477 g/mol. The lowest BCUT2D eigenvalue weighted by Gasteiger charge is -2.20. The van der Waals surface area contributed by atoms with Crippen LogP contribution in [0.4, 0.5) is 0 Å². The van der Waals surface area contributed by atoms with E-state index in [-0.39, 0.29) is 12.6 Å². The van der Waals surface area contributed by atoms with E-state index in [1.54, 1.807) is 25.3 Å². The summed E-state index contributed by atoms with van der Waals surface area (Å²) in [6.45, 7) is 3.04. The molecule has 6 heteroatoms. The van der Waals surface area contributed by atoms with Crippen molar-refractivity contribution in [3.63, 3.8) is 0 Å². The van der Waals surface area contributed by atoms with Crippen LogP contribution >= 0.6 is 34.8 Å². The van der Waals surface area contributed by atoms with E-state index in [1.807, 2.05) is 18.2 Å². The SMILES string of the molecule is CCCC(NCc1cc(Cl)c(OCc2c(Cl)cccc2Cl)c(OC)c1)c1ccccc1. The van der Waals surface area contributed by atoms with Crippen LogP contribution in [0.5, 0.6) is 11.5 Å². The molecule has 0 aliphatic heterocycles. The summed E-state index contributed by atoms with van der Waals surface area (Å²) in [6.07, 6.45) is 2.14. The summed E-state index contributed by atoms with van der Waals surface area (Å²) in [6, 6.07) is 19.9. The molecule has 0 bridgehead atoms. The number of ether oxygens (including phenoxy) is 2. The van der Waals surface area contributed by atoms with Gasteiger partial charge in [-0.05, 0) is 41.8 Å². The van der Waals surface area contributed by atoms with Gasteiger partial charge < -0.3 is 14.8 Å². The highest BCUT2D eigenvalue weighted by Gasteiger charge is 2.16. The molecule has 3 nitrogen and oxygen atoms in total. The van der Waals surface area contributed by atoms with Crippen LogP contribution in [-0.4, -0.2) is 7.11 Å². The van der Waals surface area contributed by atoms with Gasteiger partial charge in [0.1, 0.15) is 6.61 Å². The Labute approximate surface area is 199 Å². The van der Waals surface area contributed by atoms with E-state index in [1.165, 1.54) is 5.56 Å². The highest BCUT2D eigenvalue weighted by Crippen LogP contribution is 2.38. The van der Waals surface area contributed by atoms with Crippen molar-refractivity contribution in [1.82, 2.24) is 5.32 Å². The van der Waals surface area contributed by atoms with Crippen LogP contribution in [-0.2, 0) is 13.2 Å². The topological polar surface area (TPSA) is 30.5 Å². The summed E-state index contributed by atoms with van der Waals surface area (Å²) in [5, 5.41) is 5.21. The highest BCUT2D eigenvalue weighted by atomic mass is 35.5. The van der Waals surface area contributed by atoms with Crippen LogP contribution in [0.1, 0.15) is 42.5 Å². The third-order valence-electron chi connectivity index (χ3n) is 5.04. The molecule has 0 aromatic heterocycles. The molecule has 31 heavy (non-hydrogen) atoms. The van der Waals surface area contributed by atoms with E-state index in [0.29, 0.717) is 38.7 Å². The van der Waals surface area contributed by atoms with Gasteiger partial charge in [-0.1, -0.05) is 84.5 Å². The zero-order valence-electron chi connectivity index (χ0n) is 17.6. The van der Waals surface area contributed by atoms with Gasteiger partial charge >= 0.3 is 0 Å². The normalized spacial score (nSPS) is 11.9. The summed E-state index contributed by atoms with van der Waals surface area (Å²) in [5.74, 6) is 1.04. The maximum absolute atomic E-state index is 6.55. The first-order valence-corrected chi connectivity index (χ1v) is 11.4. The molecule has 0 aliphatic carbocycles. The minimum Gasteiger partial charge on any atom is -0.493 e. The summed E-state index contributed by atoms with van der Waals surface area (Å²) in [7, 11) is 1.60. The standard InChI is InChI=1S/C25H26Cl3NO2/c1-3-8-23(18-9-5-4-6-10-18)29-15-17-13-22(28)25(24(14-17)30-2)31-16-19-20(26)11-7-12-21(19)27/h4-7,9-14,23,29H,3,8,15-16H2,1-2H3. The molecule has 0 fully saturated rings. The Morgan fingerprint density at radius 3 is 2.26 bits per heavy atom. The molecule has 3 aromatic rings. The molecule has 1 unspecified atom stereocenters. The Kier molecular flexibility index (Phi) is 8.91. The average molecular weight is 479 g/mol. The number of hydrogen-bond acceptors (Lipinski definition) is 3. The van der Waals surface area contributed by atoms with Gasteiger partial charge in [-0.2, -0.15) is 0 Å². The molecule has 164 valence electrons. The molecule has 0 saturated heterocycles. The van der Waals surface area contributed by atoms with Gasteiger partial charge in [0.25, 0.3) is 0 Å². The second-order valence-electron chi connectivity index (χ2n) is 7.23. The predicted octanol–water partition coefficient (Wildman–Crippen LogP) is 7.87. The van der Waals surface area contributed by atoms with Crippen molar-refractivity contribution in [2.24, 2.45) is 0 Å². The van der Waals surface area contributed by atoms with Crippen molar-refractivity contribution < 1.29 is 9.47 Å². The molecule has 0 heterocycles. The second kappa shape index (κ2) is 11.6. The van der Waals surface area contributed by atoms with Crippen molar-refractivity contribution in [1.29, 1.82) is 0 Å². The predicted molar refractivity (Wildman–Crippen MR) is 130 cm³/mol. The molecule has 1 N–H and O–H groups in total. The number of methoxy groups -OCH3 is 1. The Hall–Kier alpha value is -1.91. The minimum atomic E-state index is 0.193. The largest absolute Gasteiger partial charge is 0.493 e. The van der Waals surface area contributed by atoms with Gasteiger partial charge in [-0.15, -0.1) is 0 Å². The summed E-state index contributed by atoms with van der Waals surface area (Å²) >= 11 is 19.0. The van der Waals surface area contributed by atoms with Crippen molar-refractivity contribution in [3.05, 3.63) is 92.4 Å². The zero-order valence-corrected chi connectivity index (χ0v) is 19.9. The van der Waals surface area contributed by atoms with E-state index in [9.17, 15) is 0 Å². The first-order valence-electron chi connectivity index (χ1n) is 10.2. The molecule has 0 radical (unpaired) electrons. The lowest BCUT2D eigenvalue weighted by molar-refractivity contribution is 0.284. The van der Waals surface area contributed by atoms with Crippen LogP contribution in [0, 0.1) is 0 Å². The van der Waals surface area contributed by atoms with E-state index < -0.39 is 0 Å². The summed E-state index contributed by atoms with van der Waals surface area (Å²) < 4.78 is 11.5. The van der Waals surface area contributed by atoms with Crippen molar-refractivity contribution in [3.8, 4) is 11.5 Å². The van der Waals surface area contributed by atoms with E-state index in [0.717, 1.165) is 18.4 Å². The Bertz CT molecular complexity index is 975. The maximum atomic E-state index is 6.55. The number of rotatable bonds is 10. The van der Waals surface area contributed by atoms with Crippen LogP contribution in [0.25, 0.3) is 0 Å². The van der Waals surface area contributed by atoms with E-state index >= 15 is 0 Å². The molecule has 0 saturated carbocycles.